The number of alkyl halides is 3. The van der Waals surface area contributed by atoms with Gasteiger partial charge >= 0.3 is 23.9 Å². The zero-order chi connectivity index (χ0) is 20.2. The van der Waals surface area contributed by atoms with E-state index in [9.17, 15) is 31.0 Å². The third kappa shape index (κ3) is 6.55. The van der Waals surface area contributed by atoms with E-state index in [4.69, 9.17) is 4.74 Å². The minimum Gasteiger partial charge on any atom is -0.492 e. The largest absolute Gasteiger partial charge is 0.492 e. The van der Waals surface area contributed by atoms with E-state index in [1.807, 2.05) is 0 Å². The van der Waals surface area contributed by atoms with Crippen molar-refractivity contribution < 1.29 is 44.5 Å². The molecule has 1 unspecified atom stereocenters. The summed E-state index contributed by atoms with van der Waals surface area (Å²) in [7, 11) is -9.53. The van der Waals surface area contributed by atoms with Crippen LogP contribution in [0.3, 0.4) is 0 Å². The average molecular weight is 420 g/mol. The second kappa shape index (κ2) is 8.71. The summed E-state index contributed by atoms with van der Waals surface area (Å²) in [5.74, 6) is -0.694. The Morgan fingerprint density at radius 2 is 1.88 bits per heavy atom. The van der Waals surface area contributed by atoms with Crippen molar-refractivity contribution in [2.75, 3.05) is 19.6 Å². The van der Waals surface area contributed by atoms with Crippen molar-refractivity contribution in [1.29, 1.82) is 0 Å². The van der Waals surface area contributed by atoms with E-state index < -0.39 is 46.4 Å². The number of ether oxygens (including phenoxy) is 1. The summed E-state index contributed by atoms with van der Waals surface area (Å²) in [6.07, 6.45) is -6.32. The molecule has 1 rings (SSSR count). The minimum atomic E-state index is -5.06. The third-order valence-electron chi connectivity index (χ3n) is 2.81. The molecule has 0 spiro atoms. The van der Waals surface area contributed by atoms with Gasteiger partial charge in [-0.1, -0.05) is 19.9 Å². The molecule has 1 atom stereocenters. The van der Waals surface area contributed by atoms with Gasteiger partial charge in [0.25, 0.3) is 0 Å². The number of halogens is 3. The van der Waals surface area contributed by atoms with Crippen molar-refractivity contribution in [2.24, 2.45) is 5.92 Å². The predicted molar refractivity (Wildman–Crippen MR) is 86.4 cm³/mol. The molecule has 0 radical (unpaired) electrons. The molecule has 0 aromatic heterocycles. The van der Waals surface area contributed by atoms with E-state index in [-0.39, 0.29) is 19.1 Å². The number of hydrogen-bond donors (Lipinski definition) is 1. The second-order valence-corrected chi connectivity index (χ2v) is 8.94. The van der Waals surface area contributed by atoms with E-state index in [0.717, 1.165) is 12.1 Å². The highest BCUT2D eigenvalue weighted by atomic mass is 32.2. The Kier molecular flexibility index (Phi) is 7.67. The summed E-state index contributed by atoms with van der Waals surface area (Å²) in [6.45, 7) is 4.58. The molecule has 0 saturated carbocycles. The fourth-order valence-electron chi connectivity index (χ4n) is 1.76. The molecule has 0 fully saturated rings. The molecule has 0 aliphatic rings. The van der Waals surface area contributed by atoms with Gasteiger partial charge in [0.2, 0.25) is 0 Å². The molecule has 0 aliphatic carbocycles. The topological polar surface area (TPSA) is 99.1 Å². The van der Waals surface area contributed by atoms with E-state index in [0.29, 0.717) is 6.07 Å². The van der Waals surface area contributed by atoms with Crippen molar-refractivity contribution in [3.05, 3.63) is 23.8 Å². The summed E-state index contributed by atoms with van der Waals surface area (Å²) >= 11 is 0. The van der Waals surface area contributed by atoms with Gasteiger partial charge in [-0.05, 0) is 25.0 Å². The van der Waals surface area contributed by atoms with Gasteiger partial charge < -0.3 is 14.2 Å². The first-order valence-electron chi connectivity index (χ1n) is 7.49. The summed E-state index contributed by atoms with van der Waals surface area (Å²) in [6, 6.07) is 2.56. The fraction of sp³-hybridized carbons (Fsp3) is 0.571. The summed E-state index contributed by atoms with van der Waals surface area (Å²) in [5, 5.41) is 0. The highest BCUT2D eigenvalue weighted by molar-refractivity contribution is 7.87. The Bertz CT molecular complexity index is 762. The van der Waals surface area contributed by atoms with Gasteiger partial charge in [-0.3, -0.25) is 8.75 Å². The van der Waals surface area contributed by atoms with Crippen LogP contribution >= 0.6 is 7.60 Å². The predicted octanol–water partition coefficient (Wildman–Crippen LogP) is 3.62. The molecule has 26 heavy (non-hydrogen) atoms. The molecule has 0 heterocycles. The highest BCUT2D eigenvalue weighted by Gasteiger charge is 2.40. The monoisotopic (exact) mass is 420 g/mol. The maximum Gasteiger partial charge on any atom is 0.417 e. The van der Waals surface area contributed by atoms with Crippen LogP contribution in [-0.4, -0.2) is 32.9 Å². The van der Waals surface area contributed by atoms with E-state index >= 15 is 0 Å². The SMILES string of the molecule is CCOc1cccc(C(F)(F)F)c1S(=O)(=O)OCP(=O)(O)OCC(C)C. The molecule has 0 amide bonds. The zero-order valence-electron chi connectivity index (χ0n) is 14.3. The standard InChI is InChI=1S/C14H20F3O7PS/c1-4-22-12-7-5-6-11(14(15,16)17)13(12)26(20,21)24-9-25(18,19)23-8-10(2)3/h5-7,10H,4,8-9H2,1-3H3,(H,18,19). The van der Waals surface area contributed by atoms with Gasteiger partial charge in [0, 0.05) is 0 Å². The quantitative estimate of drug-likeness (QED) is 0.481. The van der Waals surface area contributed by atoms with Gasteiger partial charge in [-0.25, -0.2) is 0 Å². The Labute approximate surface area is 149 Å². The van der Waals surface area contributed by atoms with Crippen LogP contribution in [0.1, 0.15) is 26.3 Å². The summed E-state index contributed by atoms with van der Waals surface area (Å²) in [5.41, 5.74) is -1.50. The Morgan fingerprint density at radius 3 is 2.38 bits per heavy atom. The van der Waals surface area contributed by atoms with Crippen LogP contribution in [0.15, 0.2) is 23.1 Å². The average Bonchev–Trinajstić information content (AvgIpc) is 2.51. The molecule has 0 bridgehead atoms. The van der Waals surface area contributed by atoms with Crippen molar-refractivity contribution in [2.45, 2.75) is 31.8 Å². The van der Waals surface area contributed by atoms with Gasteiger partial charge in [0.1, 0.15) is 10.6 Å². The molecule has 12 heteroatoms. The lowest BCUT2D eigenvalue weighted by Gasteiger charge is -2.18. The Morgan fingerprint density at radius 1 is 1.27 bits per heavy atom. The Balaban J connectivity index is 3.21. The molecule has 1 aromatic carbocycles. The zero-order valence-corrected chi connectivity index (χ0v) is 16.0. The van der Waals surface area contributed by atoms with Crippen LogP contribution in [0.4, 0.5) is 13.2 Å². The van der Waals surface area contributed by atoms with Gasteiger partial charge in [-0.15, -0.1) is 0 Å². The first-order valence-corrected chi connectivity index (χ1v) is 10.7. The molecule has 0 aliphatic heterocycles. The van der Waals surface area contributed by atoms with Crippen LogP contribution in [0.5, 0.6) is 5.75 Å². The lowest BCUT2D eigenvalue weighted by molar-refractivity contribution is -0.140. The van der Waals surface area contributed by atoms with Gasteiger partial charge in [0.05, 0.1) is 18.8 Å². The molecule has 1 aromatic rings. The van der Waals surface area contributed by atoms with Crippen molar-refractivity contribution in [3.8, 4) is 5.75 Å². The molecule has 7 nitrogen and oxygen atoms in total. The van der Waals surface area contributed by atoms with Crippen LogP contribution in [-0.2, 0) is 29.6 Å². The maximum absolute atomic E-state index is 13.2. The first-order chi connectivity index (χ1) is 11.8. The van der Waals surface area contributed by atoms with E-state index in [2.05, 4.69) is 8.71 Å². The van der Waals surface area contributed by atoms with Crippen molar-refractivity contribution in [3.63, 3.8) is 0 Å². The van der Waals surface area contributed by atoms with Crippen LogP contribution in [0, 0.1) is 5.92 Å². The second-order valence-electron chi connectivity index (χ2n) is 5.59. The van der Waals surface area contributed by atoms with Crippen LogP contribution in [0.25, 0.3) is 0 Å². The maximum atomic E-state index is 13.2. The molecular formula is C14H20F3O7PS. The minimum absolute atomic E-state index is 0.0974. The molecular weight excluding hydrogens is 400 g/mol. The number of benzene rings is 1. The number of rotatable bonds is 9. The van der Waals surface area contributed by atoms with E-state index in [1.165, 1.54) is 6.92 Å². The Hall–Kier alpha value is -1.13. The lowest BCUT2D eigenvalue weighted by Crippen LogP contribution is -2.18. The van der Waals surface area contributed by atoms with E-state index in [1.54, 1.807) is 13.8 Å². The normalized spacial score (nSPS) is 15.1. The van der Waals surface area contributed by atoms with Crippen molar-refractivity contribution in [1.82, 2.24) is 0 Å². The molecule has 150 valence electrons. The summed E-state index contributed by atoms with van der Waals surface area (Å²) < 4.78 is 89.9. The lowest BCUT2D eigenvalue weighted by atomic mass is 10.2. The molecule has 0 saturated heterocycles. The highest BCUT2D eigenvalue weighted by Crippen LogP contribution is 2.45. The van der Waals surface area contributed by atoms with Crippen molar-refractivity contribution >= 4 is 17.7 Å². The van der Waals surface area contributed by atoms with Gasteiger partial charge in [0.15, 0.2) is 6.35 Å². The smallest absolute Gasteiger partial charge is 0.417 e. The summed E-state index contributed by atoms with van der Waals surface area (Å²) in [4.78, 5) is 8.31. The number of hydrogen-bond acceptors (Lipinski definition) is 6. The third-order valence-corrected chi connectivity index (χ3v) is 5.35. The fourth-order valence-corrected chi connectivity index (χ4v) is 4.40. The van der Waals surface area contributed by atoms with Gasteiger partial charge in [-0.2, -0.15) is 21.6 Å². The first kappa shape index (κ1) is 22.9. The van der Waals surface area contributed by atoms with Crippen LogP contribution < -0.4 is 4.74 Å². The van der Waals surface area contributed by atoms with Crippen LogP contribution in [0.2, 0.25) is 0 Å². The molecule has 1 N–H and O–H groups in total.